The molecule has 0 aromatic carbocycles. The van der Waals surface area contributed by atoms with E-state index in [1.807, 2.05) is 32.4 Å². The second-order valence-corrected chi connectivity index (χ2v) is 8.75. The Kier molecular flexibility index (Phi) is 6.21. The van der Waals surface area contributed by atoms with Crippen LogP contribution >= 0.6 is 0 Å². The van der Waals surface area contributed by atoms with Crippen LogP contribution in [0.4, 0.5) is 4.39 Å². The van der Waals surface area contributed by atoms with E-state index in [0.717, 1.165) is 24.9 Å². The lowest BCUT2D eigenvalue weighted by atomic mass is 9.86. The summed E-state index contributed by atoms with van der Waals surface area (Å²) in [4.78, 5) is 36.3. The van der Waals surface area contributed by atoms with Crippen LogP contribution in [-0.4, -0.2) is 57.9 Å². The predicted octanol–water partition coefficient (Wildman–Crippen LogP) is 1.81. The van der Waals surface area contributed by atoms with Crippen molar-refractivity contribution in [1.29, 1.82) is 0 Å². The summed E-state index contributed by atoms with van der Waals surface area (Å²) in [6, 6.07) is 0.636. The van der Waals surface area contributed by atoms with Crippen LogP contribution in [0.5, 0.6) is 0 Å². The average Bonchev–Trinajstić information content (AvgIpc) is 2.91. The van der Waals surface area contributed by atoms with Gasteiger partial charge in [0.25, 0.3) is 5.91 Å². The minimum Gasteiger partial charge on any atom is -0.357 e. The van der Waals surface area contributed by atoms with Gasteiger partial charge in [-0.2, -0.15) is 0 Å². The van der Waals surface area contributed by atoms with Gasteiger partial charge in [0.1, 0.15) is 17.7 Å². The second-order valence-electron chi connectivity index (χ2n) is 8.75. The van der Waals surface area contributed by atoms with E-state index in [1.54, 1.807) is 7.05 Å². The fourth-order valence-electron chi connectivity index (χ4n) is 3.68. The zero-order chi connectivity index (χ0) is 22.1. The summed E-state index contributed by atoms with van der Waals surface area (Å²) in [5.41, 5.74) is 1.02. The van der Waals surface area contributed by atoms with Gasteiger partial charge in [-0.25, -0.2) is 9.37 Å². The normalized spacial score (nSPS) is 15.8. The van der Waals surface area contributed by atoms with E-state index in [0.29, 0.717) is 24.5 Å². The Morgan fingerprint density at radius 3 is 2.60 bits per heavy atom. The number of carbonyl (C=O) groups excluding carboxylic acids is 2. The predicted molar refractivity (Wildman–Crippen MR) is 111 cm³/mol. The van der Waals surface area contributed by atoms with E-state index in [9.17, 15) is 14.0 Å². The molecule has 162 valence electrons. The Bertz CT molecular complexity index is 949. The Labute approximate surface area is 175 Å². The number of carbonyl (C=O) groups is 2. The molecule has 2 amide bonds. The number of halogens is 1. The van der Waals surface area contributed by atoms with E-state index in [2.05, 4.69) is 25.5 Å². The van der Waals surface area contributed by atoms with Crippen molar-refractivity contribution in [3.05, 3.63) is 35.7 Å². The first-order valence-electron chi connectivity index (χ1n) is 10.0. The van der Waals surface area contributed by atoms with Crippen molar-refractivity contribution in [3.8, 4) is 11.4 Å². The SMILES string of the molecule is CNC(=O)[C@@H](NC(=O)c1nc(-c2cncc(F)c2)n2c1CN(C)CCC2)C(C)(C)C. The number of hydrogen-bond donors (Lipinski definition) is 2. The van der Waals surface area contributed by atoms with Gasteiger partial charge in [-0.3, -0.25) is 14.6 Å². The van der Waals surface area contributed by atoms with Crippen LogP contribution in [0.2, 0.25) is 0 Å². The molecular formula is C21H29FN6O2. The largest absolute Gasteiger partial charge is 0.357 e. The quantitative estimate of drug-likeness (QED) is 0.793. The number of fused-ring (bicyclic) bond motifs is 1. The monoisotopic (exact) mass is 416 g/mol. The molecule has 0 aliphatic carbocycles. The van der Waals surface area contributed by atoms with Gasteiger partial charge >= 0.3 is 0 Å². The van der Waals surface area contributed by atoms with Crippen LogP contribution in [0, 0.1) is 11.2 Å². The van der Waals surface area contributed by atoms with E-state index in [1.165, 1.54) is 12.3 Å². The molecule has 2 aromatic rings. The zero-order valence-electron chi connectivity index (χ0n) is 18.1. The maximum absolute atomic E-state index is 13.8. The van der Waals surface area contributed by atoms with E-state index >= 15 is 0 Å². The van der Waals surface area contributed by atoms with Gasteiger partial charge < -0.3 is 20.1 Å². The molecule has 0 saturated heterocycles. The fraction of sp³-hybridized carbons (Fsp3) is 0.524. The van der Waals surface area contributed by atoms with E-state index in [-0.39, 0.29) is 11.6 Å². The van der Waals surface area contributed by atoms with Gasteiger partial charge in [-0.05, 0) is 31.5 Å². The second kappa shape index (κ2) is 8.51. The smallest absolute Gasteiger partial charge is 0.272 e. The highest BCUT2D eigenvalue weighted by molar-refractivity contribution is 5.97. The summed E-state index contributed by atoms with van der Waals surface area (Å²) in [6.45, 7) is 7.71. The standard InChI is InChI=1S/C21H29FN6O2/c1-21(2,3)17(20(30)23-4)26-19(29)16-15-12-27(5)7-6-8-28(15)18(25-16)13-9-14(22)11-24-10-13/h9-11,17H,6-8,12H2,1-5H3,(H,23,30)(H,26,29)/t17-/m1/s1. The molecule has 3 rings (SSSR count). The molecule has 0 saturated carbocycles. The molecule has 0 unspecified atom stereocenters. The molecule has 1 atom stereocenters. The van der Waals surface area contributed by atoms with Gasteiger partial charge in [0.05, 0.1) is 11.9 Å². The van der Waals surface area contributed by atoms with Crippen molar-refractivity contribution in [2.24, 2.45) is 5.41 Å². The molecule has 0 bridgehead atoms. The number of amides is 2. The van der Waals surface area contributed by atoms with E-state index < -0.39 is 23.2 Å². The number of hydrogen-bond acceptors (Lipinski definition) is 5. The van der Waals surface area contributed by atoms with Crippen LogP contribution in [0.15, 0.2) is 18.5 Å². The molecule has 0 spiro atoms. The van der Waals surface area contributed by atoms with Gasteiger partial charge in [0.15, 0.2) is 5.69 Å². The Hall–Kier alpha value is -2.81. The molecule has 2 aromatic heterocycles. The summed E-state index contributed by atoms with van der Waals surface area (Å²) in [5, 5.41) is 5.46. The first-order chi connectivity index (χ1) is 14.1. The Morgan fingerprint density at radius 2 is 1.97 bits per heavy atom. The first-order valence-corrected chi connectivity index (χ1v) is 10.0. The van der Waals surface area contributed by atoms with Gasteiger partial charge in [0.2, 0.25) is 5.91 Å². The van der Waals surface area contributed by atoms with Gasteiger partial charge in [0, 0.05) is 31.9 Å². The molecule has 1 aliphatic rings. The summed E-state index contributed by atoms with van der Waals surface area (Å²) in [5.74, 6) is -0.653. The summed E-state index contributed by atoms with van der Waals surface area (Å²) in [6.07, 6.45) is 3.55. The third-order valence-corrected chi connectivity index (χ3v) is 5.24. The van der Waals surface area contributed by atoms with Crippen LogP contribution in [0.1, 0.15) is 43.4 Å². The first kappa shape index (κ1) is 21.9. The molecule has 2 N–H and O–H groups in total. The number of imidazole rings is 1. The molecule has 0 radical (unpaired) electrons. The highest BCUT2D eigenvalue weighted by atomic mass is 19.1. The molecule has 0 fully saturated rings. The van der Waals surface area contributed by atoms with Crippen LogP contribution in [0.25, 0.3) is 11.4 Å². The van der Waals surface area contributed by atoms with Crippen LogP contribution < -0.4 is 10.6 Å². The summed E-state index contributed by atoms with van der Waals surface area (Å²) >= 11 is 0. The zero-order valence-corrected chi connectivity index (χ0v) is 18.1. The van der Waals surface area contributed by atoms with Gasteiger partial charge in [-0.15, -0.1) is 0 Å². The minimum atomic E-state index is -0.727. The van der Waals surface area contributed by atoms with Crippen molar-refractivity contribution < 1.29 is 14.0 Å². The lowest BCUT2D eigenvalue weighted by Gasteiger charge is -2.29. The maximum atomic E-state index is 13.8. The average molecular weight is 417 g/mol. The number of pyridine rings is 1. The lowest BCUT2D eigenvalue weighted by molar-refractivity contribution is -0.124. The van der Waals surface area contributed by atoms with Crippen molar-refractivity contribution in [3.63, 3.8) is 0 Å². The summed E-state index contributed by atoms with van der Waals surface area (Å²) in [7, 11) is 3.52. The molecular weight excluding hydrogens is 387 g/mol. The molecule has 1 aliphatic heterocycles. The topological polar surface area (TPSA) is 92.1 Å². The number of likely N-dealkylation sites (N-methyl/N-ethyl adjacent to an activating group) is 1. The highest BCUT2D eigenvalue weighted by Gasteiger charge is 2.34. The van der Waals surface area contributed by atoms with Crippen molar-refractivity contribution in [1.82, 2.24) is 30.1 Å². The Balaban J connectivity index is 2.05. The molecule has 9 heteroatoms. The van der Waals surface area contributed by atoms with Crippen molar-refractivity contribution in [2.45, 2.75) is 46.3 Å². The molecule has 3 heterocycles. The number of nitrogens with one attached hydrogen (secondary N) is 2. The van der Waals surface area contributed by atoms with Crippen LogP contribution in [-0.2, 0) is 17.9 Å². The van der Waals surface area contributed by atoms with Crippen molar-refractivity contribution in [2.75, 3.05) is 20.6 Å². The fourth-order valence-corrected chi connectivity index (χ4v) is 3.68. The van der Waals surface area contributed by atoms with Crippen molar-refractivity contribution >= 4 is 11.8 Å². The third kappa shape index (κ3) is 4.51. The third-order valence-electron chi connectivity index (χ3n) is 5.24. The number of nitrogens with zero attached hydrogens (tertiary/aromatic N) is 4. The van der Waals surface area contributed by atoms with Gasteiger partial charge in [-0.1, -0.05) is 20.8 Å². The highest BCUT2D eigenvalue weighted by Crippen LogP contribution is 2.27. The minimum absolute atomic E-state index is 0.251. The van der Waals surface area contributed by atoms with Crippen LogP contribution in [0.3, 0.4) is 0 Å². The Morgan fingerprint density at radius 1 is 1.23 bits per heavy atom. The molecule has 30 heavy (non-hydrogen) atoms. The number of rotatable bonds is 4. The molecule has 8 nitrogen and oxygen atoms in total. The maximum Gasteiger partial charge on any atom is 0.272 e. The summed E-state index contributed by atoms with van der Waals surface area (Å²) < 4.78 is 15.8. The number of aromatic nitrogens is 3. The lowest BCUT2D eigenvalue weighted by Crippen LogP contribution is -2.53. The van der Waals surface area contributed by atoms with E-state index in [4.69, 9.17) is 0 Å².